The summed E-state index contributed by atoms with van der Waals surface area (Å²) in [6.07, 6.45) is 2.83. The Morgan fingerprint density at radius 1 is 1.44 bits per heavy atom. The average molecular weight is 247 g/mol. The number of carbonyl (C=O) groups excluding carboxylic acids is 2. The first-order valence-electron chi connectivity index (χ1n) is 6.07. The van der Waals surface area contributed by atoms with Crippen molar-refractivity contribution in [3.63, 3.8) is 0 Å². The molecule has 0 aromatic heterocycles. The fourth-order valence-corrected chi connectivity index (χ4v) is 2.04. The Hall–Kier alpha value is -1.68. The van der Waals surface area contributed by atoms with Crippen molar-refractivity contribution in [2.24, 2.45) is 5.92 Å². The zero-order chi connectivity index (χ0) is 13.2. The molecule has 0 saturated heterocycles. The van der Waals surface area contributed by atoms with Crippen molar-refractivity contribution in [1.82, 2.24) is 5.32 Å². The minimum absolute atomic E-state index is 0.0597. The molecule has 2 N–H and O–H groups in total. The van der Waals surface area contributed by atoms with Crippen molar-refractivity contribution in [2.45, 2.75) is 25.3 Å². The van der Waals surface area contributed by atoms with Crippen molar-refractivity contribution in [3.8, 4) is 0 Å². The van der Waals surface area contributed by atoms with Crippen LogP contribution in [-0.4, -0.2) is 29.4 Å². The summed E-state index contributed by atoms with van der Waals surface area (Å²) in [6.45, 7) is 1.80. The van der Waals surface area contributed by atoms with Gasteiger partial charge in [-0.2, -0.15) is 0 Å². The second kappa shape index (κ2) is 4.90. The Labute approximate surface area is 106 Å². The fraction of sp³-hybridized carbons (Fsp3) is 0.429. The van der Waals surface area contributed by atoms with Crippen LogP contribution in [0.5, 0.6) is 0 Å². The summed E-state index contributed by atoms with van der Waals surface area (Å²) in [5.41, 5.74) is 0.500. The van der Waals surface area contributed by atoms with Gasteiger partial charge in [-0.05, 0) is 37.8 Å². The van der Waals surface area contributed by atoms with E-state index >= 15 is 0 Å². The highest BCUT2D eigenvalue weighted by Crippen LogP contribution is 2.39. The maximum atomic E-state index is 12.0. The van der Waals surface area contributed by atoms with Crippen molar-refractivity contribution in [1.29, 1.82) is 0 Å². The zero-order valence-electron chi connectivity index (χ0n) is 10.3. The predicted octanol–water partition coefficient (Wildman–Crippen LogP) is 1.39. The molecule has 1 saturated carbocycles. The Bertz CT molecular complexity index is 451. The Balaban J connectivity index is 2.08. The van der Waals surface area contributed by atoms with E-state index in [1.807, 2.05) is 6.92 Å². The molecule has 96 valence electrons. The van der Waals surface area contributed by atoms with Crippen LogP contribution in [0.1, 0.15) is 40.5 Å². The molecule has 1 unspecified atom stereocenters. The van der Waals surface area contributed by atoms with Crippen molar-refractivity contribution in [2.75, 3.05) is 6.61 Å². The van der Waals surface area contributed by atoms with E-state index in [1.165, 1.54) is 0 Å². The van der Waals surface area contributed by atoms with Crippen molar-refractivity contribution < 1.29 is 14.7 Å². The molecule has 1 aliphatic rings. The third-order valence-electron chi connectivity index (χ3n) is 3.51. The largest absolute Gasteiger partial charge is 0.394 e. The molecule has 2 rings (SSSR count). The summed E-state index contributed by atoms with van der Waals surface area (Å²) in [5.74, 6) is 0.150. The number of aldehydes is 1. The van der Waals surface area contributed by atoms with Crippen molar-refractivity contribution in [3.05, 3.63) is 35.4 Å². The highest BCUT2D eigenvalue weighted by Gasteiger charge is 2.42. The van der Waals surface area contributed by atoms with E-state index in [2.05, 4.69) is 5.32 Å². The number of amides is 1. The molecule has 0 bridgehead atoms. The van der Waals surface area contributed by atoms with Gasteiger partial charge in [-0.1, -0.05) is 12.1 Å². The monoisotopic (exact) mass is 247 g/mol. The van der Waals surface area contributed by atoms with Gasteiger partial charge in [0.15, 0.2) is 0 Å². The molecule has 0 spiro atoms. The molecule has 4 nitrogen and oxygen atoms in total. The van der Waals surface area contributed by atoms with Gasteiger partial charge in [-0.3, -0.25) is 9.59 Å². The topological polar surface area (TPSA) is 66.4 Å². The van der Waals surface area contributed by atoms with E-state index in [1.54, 1.807) is 24.3 Å². The maximum Gasteiger partial charge on any atom is 0.251 e. The lowest BCUT2D eigenvalue weighted by atomic mass is 9.96. The second-order valence-corrected chi connectivity index (χ2v) is 5.04. The van der Waals surface area contributed by atoms with Gasteiger partial charge in [-0.15, -0.1) is 0 Å². The fourth-order valence-electron chi connectivity index (χ4n) is 2.04. The van der Waals surface area contributed by atoms with Crippen LogP contribution in [0.15, 0.2) is 24.3 Å². The smallest absolute Gasteiger partial charge is 0.251 e. The van der Waals surface area contributed by atoms with E-state index in [9.17, 15) is 14.7 Å². The number of aliphatic hydroxyl groups is 1. The highest BCUT2D eigenvalue weighted by molar-refractivity contribution is 5.95. The molecule has 1 aromatic rings. The van der Waals surface area contributed by atoms with Gasteiger partial charge >= 0.3 is 0 Å². The number of carbonyl (C=O) groups is 2. The van der Waals surface area contributed by atoms with E-state index in [-0.39, 0.29) is 12.5 Å². The summed E-state index contributed by atoms with van der Waals surface area (Å²) >= 11 is 0. The molecular weight excluding hydrogens is 230 g/mol. The SMILES string of the molecule is CC(CO)(NC(=O)c1ccc(C=O)cc1)C1CC1. The second-order valence-electron chi connectivity index (χ2n) is 5.04. The van der Waals surface area contributed by atoms with Gasteiger partial charge in [0.25, 0.3) is 5.91 Å². The molecule has 0 radical (unpaired) electrons. The van der Waals surface area contributed by atoms with Crippen LogP contribution in [0.4, 0.5) is 0 Å². The van der Waals surface area contributed by atoms with E-state index in [4.69, 9.17) is 0 Å². The van der Waals surface area contributed by atoms with E-state index in [0.717, 1.165) is 19.1 Å². The molecule has 1 fully saturated rings. The van der Waals surface area contributed by atoms with Crippen LogP contribution >= 0.6 is 0 Å². The standard InChI is InChI=1S/C14H17NO3/c1-14(9-17,12-6-7-12)15-13(18)11-4-2-10(8-16)3-5-11/h2-5,8,12,17H,6-7,9H2,1H3,(H,15,18). The van der Waals surface area contributed by atoms with Gasteiger partial charge in [0, 0.05) is 11.1 Å². The predicted molar refractivity (Wildman–Crippen MR) is 67.5 cm³/mol. The lowest BCUT2D eigenvalue weighted by molar-refractivity contribution is 0.0824. The molecular formula is C14H17NO3. The summed E-state index contributed by atoms with van der Waals surface area (Å²) < 4.78 is 0. The number of rotatable bonds is 5. The van der Waals surface area contributed by atoms with Gasteiger partial charge < -0.3 is 10.4 Å². The molecule has 1 aliphatic carbocycles. The molecule has 0 heterocycles. The molecule has 1 atom stereocenters. The lowest BCUT2D eigenvalue weighted by Gasteiger charge is -2.28. The lowest BCUT2D eigenvalue weighted by Crippen LogP contribution is -2.50. The van der Waals surface area contributed by atoms with Gasteiger partial charge in [0.1, 0.15) is 6.29 Å². The van der Waals surface area contributed by atoms with Crippen LogP contribution in [0.25, 0.3) is 0 Å². The zero-order valence-corrected chi connectivity index (χ0v) is 10.3. The minimum Gasteiger partial charge on any atom is -0.394 e. The normalized spacial score (nSPS) is 17.9. The molecule has 1 aromatic carbocycles. The number of benzene rings is 1. The third-order valence-corrected chi connectivity index (χ3v) is 3.51. The van der Waals surface area contributed by atoms with Crippen LogP contribution in [-0.2, 0) is 0 Å². The van der Waals surface area contributed by atoms with Crippen LogP contribution < -0.4 is 5.32 Å². The Morgan fingerprint density at radius 2 is 2.06 bits per heavy atom. The summed E-state index contributed by atoms with van der Waals surface area (Å²) in [6, 6.07) is 6.44. The summed E-state index contributed by atoms with van der Waals surface area (Å²) in [7, 11) is 0. The van der Waals surface area contributed by atoms with E-state index in [0.29, 0.717) is 17.0 Å². The van der Waals surface area contributed by atoms with Crippen LogP contribution in [0, 0.1) is 5.92 Å². The first-order valence-corrected chi connectivity index (χ1v) is 6.07. The van der Waals surface area contributed by atoms with E-state index < -0.39 is 5.54 Å². The number of aliphatic hydroxyl groups excluding tert-OH is 1. The van der Waals surface area contributed by atoms with Gasteiger partial charge in [0.05, 0.1) is 12.1 Å². The maximum absolute atomic E-state index is 12.0. The van der Waals surface area contributed by atoms with Crippen molar-refractivity contribution >= 4 is 12.2 Å². The number of nitrogens with one attached hydrogen (secondary N) is 1. The number of hydrogen-bond donors (Lipinski definition) is 2. The Morgan fingerprint density at radius 3 is 2.50 bits per heavy atom. The quantitative estimate of drug-likeness (QED) is 0.773. The van der Waals surface area contributed by atoms with Crippen LogP contribution in [0.3, 0.4) is 0 Å². The minimum atomic E-state index is -0.541. The molecule has 0 aliphatic heterocycles. The molecule has 4 heteroatoms. The number of hydrogen-bond acceptors (Lipinski definition) is 3. The third kappa shape index (κ3) is 2.59. The Kier molecular flexibility index (Phi) is 3.48. The summed E-state index contributed by atoms with van der Waals surface area (Å²) in [4.78, 5) is 22.6. The first-order chi connectivity index (χ1) is 8.59. The van der Waals surface area contributed by atoms with Gasteiger partial charge in [0.2, 0.25) is 0 Å². The summed E-state index contributed by atoms with van der Waals surface area (Å²) in [5, 5.41) is 12.3. The first kappa shape index (κ1) is 12.8. The average Bonchev–Trinajstić information content (AvgIpc) is 3.23. The molecule has 18 heavy (non-hydrogen) atoms. The van der Waals surface area contributed by atoms with Gasteiger partial charge in [-0.25, -0.2) is 0 Å². The van der Waals surface area contributed by atoms with Crippen LogP contribution in [0.2, 0.25) is 0 Å². The highest BCUT2D eigenvalue weighted by atomic mass is 16.3. The molecule has 1 amide bonds.